The molecule has 0 radical (unpaired) electrons. The lowest BCUT2D eigenvalue weighted by molar-refractivity contribution is 0.590. The average Bonchev–Trinajstić information content (AvgIpc) is 3.11. The van der Waals surface area contributed by atoms with Gasteiger partial charge in [-0.3, -0.25) is 0 Å². The van der Waals surface area contributed by atoms with Gasteiger partial charge in [0, 0.05) is 22.7 Å². The number of aryl methyl sites for hydroxylation is 2. The van der Waals surface area contributed by atoms with Crippen LogP contribution in [0.1, 0.15) is 155 Å². The molecular formula is C50H68N2. The summed E-state index contributed by atoms with van der Waals surface area (Å²) in [6.07, 6.45) is 18.1. The zero-order chi connectivity index (χ0) is 37.1. The van der Waals surface area contributed by atoms with Crippen molar-refractivity contribution in [2.45, 2.75) is 156 Å². The Bertz CT molecular complexity index is 1710. The van der Waals surface area contributed by atoms with Crippen LogP contribution in [0.3, 0.4) is 0 Å². The van der Waals surface area contributed by atoms with Gasteiger partial charge in [-0.2, -0.15) is 0 Å². The molecule has 0 fully saturated rings. The predicted octanol–water partition coefficient (Wildman–Crippen LogP) is 15.9. The average molecular weight is 697 g/mol. The minimum Gasteiger partial charge on any atom is -0.356 e. The van der Waals surface area contributed by atoms with Crippen LogP contribution in [0.15, 0.2) is 84.9 Å². The van der Waals surface area contributed by atoms with Gasteiger partial charge in [0.25, 0.3) is 0 Å². The first-order valence-electron chi connectivity index (χ1n) is 20.7. The summed E-state index contributed by atoms with van der Waals surface area (Å²) in [6.45, 7) is 18.3. The number of fused-ring (bicyclic) bond motifs is 3. The van der Waals surface area contributed by atoms with Gasteiger partial charge in [0.2, 0.25) is 0 Å². The van der Waals surface area contributed by atoms with Gasteiger partial charge < -0.3 is 10.6 Å². The third-order valence-corrected chi connectivity index (χ3v) is 11.0. The van der Waals surface area contributed by atoms with E-state index in [9.17, 15) is 0 Å². The van der Waals surface area contributed by atoms with Crippen LogP contribution in [-0.2, 0) is 23.7 Å². The molecule has 2 heteroatoms. The van der Waals surface area contributed by atoms with Crippen LogP contribution < -0.4 is 10.6 Å². The van der Waals surface area contributed by atoms with E-state index in [1.54, 1.807) is 11.1 Å². The Morgan fingerprint density at radius 2 is 0.692 bits per heavy atom. The topological polar surface area (TPSA) is 24.1 Å². The molecule has 5 rings (SSSR count). The predicted molar refractivity (Wildman–Crippen MR) is 232 cm³/mol. The molecule has 5 aromatic carbocycles. The van der Waals surface area contributed by atoms with E-state index in [2.05, 4.69) is 151 Å². The lowest BCUT2D eigenvalue weighted by Gasteiger charge is -2.21. The third-order valence-electron chi connectivity index (χ3n) is 11.0. The van der Waals surface area contributed by atoms with Crippen molar-refractivity contribution >= 4 is 44.3 Å². The molecule has 0 saturated carbocycles. The molecule has 5 aromatic rings. The van der Waals surface area contributed by atoms with Gasteiger partial charge in [0.05, 0.1) is 0 Å². The molecule has 2 N–H and O–H groups in total. The monoisotopic (exact) mass is 697 g/mol. The number of anilines is 4. The summed E-state index contributed by atoms with van der Waals surface area (Å²) >= 11 is 0. The molecule has 0 aliphatic carbocycles. The molecule has 52 heavy (non-hydrogen) atoms. The van der Waals surface area contributed by atoms with Crippen molar-refractivity contribution in [1.82, 2.24) is 0 Å². The van der Waals surface area contributed by atoms with Gasteiger partial charge in [0.1, 0.15) is 0 Å². The lowest BCUT2D eigenvalue weighted by Crippen LogP contribution is -2.10. The molecule has 0 atom stereocenters. The summed E-state index contributed by atoms with van der Waals surface area (Å²) in [4.78, 5) is 0. The molecule has 0 heterocycles. The van der Waals surface area contributed by atoms with E-state index in [1.165, 1.54) is 121 Å². The molecule has 0 aromatic heterocycles. The highest BCUT2D eigenvalue weighted by Crippen LogP contribution is 2.39. The van der Waals surface area contributed by atoms with Crippen molar-refractivity contribution in [3.05, 3.63) is 107 Å². The molecular weight excluding hydrogens is 629 g/mol. The second kappa shape index (κ2) is 18.3. The van der Waals surface area contributed by atoms with E-state index < -0.39 is 0 Å². The first kappa shape index (κ1) is 39.4. The number of unbranched alkanes of at least 4 members (excludes halogenated alkanes) is 10. The molecule has 278 valence electrons. The second-order valence-corrected chi connectivity index (χ2v) is 17.4. The van der Waals surface area contributed by atoms with E-state index in [0.717, 1.165) is 24.2 Å². The number of benzene rings is 5. The van der Waals surface area contributed by atoms with Crippen LogP contribution in [0.5, 0.6) is 0 Å². The number of hydrogen-bond donors (Lipinski definition) is 2. The highest BCUT2D eigenvalue weighted by atomic mass is 14.9. The molecule has 0 aliphatic rings. The summed E-state index contributed by atoms with van der Waals surface area (Å²) in [5, 5.41) is 13.1. The molecule has 0 amide bonds. The maximum absolute atomic E-state index is 3.77. The molecule has 0 aliphatic heterocycles. The van der Waals surface area contributed by atoms with Crippen LogP contribution >= 0.6 is 0 Å². The van der Waals surface area contributed by atoms with Crippen LogP contribution in [0.25, 0.3) is 21.5 Å². The third kappa shape index (κ3) is 10.6. The van der Waals surface area contributed by atoms with Crippen LogP contribution in [0, 0.1) is 0 Å². The van der Waals surface area contributed by atoms with Crippen molar-refractivity contribution in [3.63, 3.8) is 0 Å². The Labute approximate surface area is 317 Å². The fraction of sp³-hybridized carbons (Fsp3) is 0.480. The van der Waals surface area contributed by atoms with Gasteiger partial charge in [0.15, 0.2) is 0 Å². The Balaban J connectivity index is 1.55. The quantitative estimate of drug-likeness (QED) is 0.0704. The van der Waals surface area contributed by atoms with Crippen molar-refractivity contribution in [2.75, 3.05) is 10.6 Å². The normalized spacial score (nSPS) is 12.2. The molecule has 0 spiro atoms. The first-order chi connectivity index (χ1) is 25.0. The maximum atomic E-state index is 3.77. The fourth-order valence-corrected chi connectivity index (χ4v) is 7.71. The Kier molecular flexibility index (Phi) is 13.9. The van der Waals surface area contributed by atoms with Crippen LogP contribution in [-0.4, -0.2) is 0 Å². The van der Waals surface area contributed by atoms with Crippen molar-refractivity contribution in [1.29, 1.82) is 0 Å². The summed E-state index contributed by atoms with van der Waals surface area (Å²) in [7, 11) is 0. The van der Waals surface area contributed by atoms with Crippen LogP contribution in [0.2, 0.25) is 0 Å². The minimum absolute atomic E-state index is 0.145. The zero-order valence-electron chi connectivity index (χ0n) is 34.0. The SMILES string of the molecule is CCCCCCCCc1c(CCCCCCCC)c2cc(Nc3ccc(C(C)(C)C)cc3)ccc2c2ccc(Nc3ccc(C(C)(C)C)cc3)cc12. The number of hydrogen-bond acceptors (Lipinski definition) is 2. The smallest absolute Gasteiger partial charge is 0.0390 e. The summed E-state index contributed by atoms with van der Waals surface area (Å²) < 4.78 is 0. The second-order valence-electron chi connectivity index (χ2n) is 17.4. The summed E-state index contributed by atoms with van der Waals surface area (Å²) in [5.74, 6) is 0. The maximum Gasteiger partial charge on any atom is 0.0390 e. The fourth-order valence-electron chi connectivity index (χ4n) is 7.71. The Morgan fingerprint density at radius 3 is 1.04 bits per heavy atom. The van der Waals surface area contributed by atoms with Gasteiger partial charge in [-0.05, 0) is 129 Å². The van der Waals surface area contributed by atoms with E-state index >= 15 is 0 Å². The number of rotatable bonds is 18. The lowest BCUT2D eigenvalue weighted by atomic mass is 9.86. The number of nitrogens with one attached hydrogen (secondary N) is 2. The van der Waals surface area contributed by atoms with E-state index in [4.69, 9.17) is 0 Å². The Morgan fingerprint density at radius 1 is 0.365 bits per heavy atom. The molecule has 0 saturated heterocycles. The van der Waals surface area contributed by atoms with Crippen LogP contribution in [0.4, 0.5) is 22.7 Å². The zero-order valence-corrected chi connectivity index (χ0v) is 34.0. The van der Waals surface area contributed by atoms with E-state index in [1.807, 2.05) is 0 Å². The Hall–Kier alpha value is -3.78. The van der Waals surface area contributed by atoms with E-state index in [-0.39, 0.29) is 10.8 Å². The minimum atomic E-state index is 0.145. The summed E-state index contributed by atoms with van der Waals surface area (Å²) in [5.41, 5.74) is 10.8. The van der Waals surface area contributed by atoms with Gasteiger partial charge in [-0.15, -0.1) is 0 Å². The van der Waals surface area contributed by atoms with Crippen molar-refractivity contribution in [3.8, 4) is 0 Å². The highest BCUT2D eigenvalue weighted by Gasteiger charge is 2.18. The summed E-state index contributed by atoms with van der Waals surface area (Å²) in [6, 6.07) is 32.2. The molecule has 0 bridgehead atoms. The highest BCUT2D eigenvalue weighted by molar-refractivity contribution is 6.12. The molecule has 2 nitrogen and oxygen atoms in total. The van der Waals surface area contributed by atoms with E-state index in [0.29, 0.717) is 0 Å². The van der Waals surface area contributed by atoms with Gasteiger partial charge in [-0.25, -0.2) is 0 Å². The van der Waals surface area contributed by atoms with Gasteiger partial charge >= 0.3 is 0 Å². The van der Waals surface area contributed by atoms with Crippen molar-refractivity contribution in [2.24, 2.45) is 0 Å². The van der Waals surface area contributed by atoms with Crippen molar-refractivity contribution < 1.29 is 0 Å². The largest absolute Gasteiger partial charge is 0.356 e. The van der Waals surface area contributed by atoms with Gasteiger partial charge in [-0.1, -0.05) is 156 Å². The standard InChI is InChI=1S/C50H68N2/c1-9-11-13-15-17-19-21-43-44(22-20-18-16-14-12-10-2)48-36-42(52-40-29-25-38(26-30-40)50(6,7)8)32-34-46(48)45-33-31-41(35-47(43)45)51-39-27-23-37(24-28-39)49(3,4)5/h23-36,51-52H,9-22H2,1-8H3. The molecule has 0 unspecified atom stereocenters. The first-order valence-corrected chi connectivity index (χ1v) is 20.7.